The van der Waals surface area contributed by atoms with Crippen molar-refractivity contribution in [2.24, 2.45) is 11.8 Å². The van der Waals surface area contributed by atoms with Crippen molar-refractivity contribution in [3.63, 3.8) is 0 Å². The normalized spacial score (nSPS) is 15.0. The van der Waals surface area contributed by atoms with Crippen LogP contribution in [-0.4, -0.2) is 50.3 Å². The van der Waals surface area contributed by atoms with Crippen molar-refractivity contribution in [3.8, 4) is 5.82 Å². The molecule has 1 aliphatic heterocycles. The van der Waals surface area contributed by atoms with Gasteiger partial charge in [0.15, 0.2) is 5.82 Å². The summed E-state index contributed by atoms with van der Waals surface area (Å²) < 4.78 is 1.58. The molecule has 2 aromatic rings. The zero-order valence-electron chi connectivity index (χ0n) is 12.7. The number of amides is 1. The highest BCUT2D eigenvalue weighted by atomic mass is 16.2. The maximum Gasteiger partial charge on any atom is 0.226 e. The lowest BCUT2D eigenvalue weighted by Crippen LogP contribution is -2.54. The molecule has 0 spiro atoms. The molecule has 0 unspecified atom stereocenters. The molecular weight excluding hydrogens is 282 g/mol. The summed E-state index contributed by atoms with van der Waals surface area (Å²) in [6.07, 6.45) is 4.55. The summed E-state index contributed by atoms with van der Waals surface area (Å²) in [6.45, 7) is 6.24. The number of nitrogens with zero attached hydrogens (tertiary/aromatic N) is 6. The Bertz CT molecular complexity index is 634. The van der Waals surface area contributed by atoms with Gasteiger partial charge in [0, 0.05) is 25.7 Å². The van der Waals surface area contributed by atoms with Gasteiger partial charge in [-0.1, -0.05) is 13.8 Å². The van der Waals surface area contributed by atoms with Gasteiger partial charge in [-0.05, 0) is 5.92 Å². The summed E-state index contributed by atoms with van der Waals surface area (Å²) in [5, 5.41) is 7.02. The van der Waals surface area contributed by atoms with Crippen molar-refractivity contribution >= 4 is 11.7 Å². The van der Waals surface area contributed by atoms with E-state index in [1.165, 1.54) is 12.7 Å². The second-order valence-corrected chi connectivity index (χ2v) is 5.82. The monoisotopic (exact) mass is 301 g/mol. The van der Waals surface area contributed by atoms with Crippen LogP contribution >= 0.6 is 0 Å². The van der Waals surface area contributed by atoms with Crippen LogP contribution in [0.3, 0.4) is 0 Å². The van der Waals surface area contributed by atoms with Gasteiger partial charge in [0.05, 0.1) is 5.92 Å². The van der Waals surface area contributed by atoms with Crippen LogP contribution in [0.15, 0.2) is 25.0 Å². The van der Waals surface area contributed by atoms with E-state index in [9.17, 15) is 4.79 Å². The standard InChI is InChI=1S/C14H19N7O/c1-10(2)4-16-14(22)11-5-20(6-11)12-3-13(18-8-17-12)21-9-15-7-19-21/h3,7-11H,4-6H2,1-2H3,(H,16,22). The van der Waals surface area contributed by atoms with Crippen LogP contribution in [-0.2, 0) is 4.79 Å². The zero-order chi connectivity index (χ0) is 15.5. The number of hydrogen-bond donors (Lipinski definition) is 1. The Morgan fingerprint density at radius 3 is 2.77 bits per heavy atom. The fraction of sp³-hybridized carbons (Fsp3) is 0.500. The summed E-state index contributed by atoms with van der Waals surface area (Å²) in [7, 11) is 0. The Hall–Kier alpha value is -2.51. The summed E-state index contributed by atoms with van der Waals surface area (Å²) >= 11 is 0. The van der Waals surface area contributed by atoms with Gasteiger partial charge in [0.25, 0.3) is 0 Å². The quantitative estimate of drug-likeness (QED) is 0.852. The molecule has 2 aromatic heterocycles. The minimum atomic E-state index is 0.0311. The van der Waals surface area contributed by atoms with Gasteiger partial charge in [-0.25, -0.2) is 19.6 Å². The van der Waals surface area contributed by atoms with E-state index in [4.69, 9.17) is 0 Å². The molecule has 0 radical (unpaired) electrons. The molecule has 1 N–H and O–H groups in total. The molecule has 0 aliphatic carbocycles. The second kappa shape index (κ2) is 6.08. The predicted molar refractivity (Wildman–Crippen MR) is 80.5 cm³/mol. The van der Waals surface area contributed by atoms with Crippen LogP contribution in [0, 0.1) is 11.8 Å². The average Bonchev–Trinajstić information content (AvgIpc) is 2.98. The minimum absolute atomic E-state index is 0.0311. The number of anilines is 1. The van der Waals surface area contributed by atoms with Crippen molar-refractivity contribution in [1.82, 2.24) is 30.0 Å². The molecule has 1 saturated heterocycles. The first-order valence-corrected chi connectivity index (χ1v) is 7.33. The third-order valence-corrected chi connectivity index (χ3v) is 3.55. The van der Waals surface area contributed by atoms with Crippen LogP contribution in [0.2, 0.25) is 0 Å². The third-order valence-electron chi connectivity index (χ3n) is 3.55. The van der Waals surface area contributed by atoms with Crippen LogP contribution < -0.4 is 10.2 Å². The Balaban J connectivity index is 1.59. The third kappa shape index (κ3) is 3.05. The lowest BCUT2D eigenvalue weighted by molar-refractivity contribution is -0.125. The van der Waals surface area contributed by atoms with Gasteiger partial charge in [-0.2, -0.15) is 5.10 Å². The van der Waals surface area contributed by atoms with Crippen LogP contribution in [0.4, 0.5) is 5.82 Å². The number of rotatable bonds is 5. The van der Waals surface area contributed by atoms with Crippen LogP contribution in [0.1, 0.15) is 13.8 Å². The summed E-state index contributed by atoms with van der Waals surface area (Å²) in [6, 6.07) is 1.84. The molecule has 0 saturated carbocycles. The fourth-order valence-electron chi connectivity index (χ4n) is 2.24. The zero-order valence-corrected chi connectivity index (χ0v) is 12.7. The number of nitrogens with one attached hydrogen (secondary N) is 1. The molecule has 3 rings (SSSR count). The van der Waals surface area contributed by atoms with E-state index < -0.39 is 0 Å². The lowest BCUT2D eigenvalue weighted by Gasteiger charge is -2.39. The smallest absolute Gasteiger partial charge is 0.226 e. The van der Waals surface area contributed by atoms with Crippen molar-refractivity contribution in [2.75, 3.05) is 24.5 Å². The molecule has 0 aromatic carbocycles. The molecular formula is C14H19N7O. The number of hydrogen-bond acceptors (Lipinski definition) is 6. The van der Waals surface area contributed by atoms with Crippen LogP contribution in [0.25, 0.3) is 5.82 Å². The van der Waals surface area contributed by atoms with Gasteiger partial charge < -0.3 is 10.2 Å². The maximum atomic E-state index is 12.0. The SMILES string of the molecule is CC(C)CNC(=O)C1CN(c2cc(-n3cncn3)ncn2)C1. The molecule has 116 valence electrons. The Kier molecular flexibility index (Phi) is 3.99. The summed E-state index contributed by atoms with van der Waals surface area (Å²) in [4.78, 5) is 26.4. The summed E-state index contributed by atoms with van der Waals surface area (Å²) in [5.74, 6) is 2.08. The Labute approximate surface area is 128 Å². The van der Waals surface area contributed by atoms with E-state index in [-0.39, 0.29) is 11.8 Å². The molecule has 0 atom stereocenters. The second-order valence-electron chi connectivity index (χ2n) is 5.82. The molecule has 1 aliphatic rings. The maximum absolute atomic E-state index is 12.0. The highest BCUT2D eigenvalue weighted by molar-refractivity contribution is 5.81. The Morgan fingerprint density at radius 1 is 1.32 bits per heavy atom. The van der Waals surface area contributed by atoms with Gasteiger partial charge in [-0.15, -0.1) is 0 Å². The van der Waals surface area contributed by atoms with Crippen molar-refractivity contribution in [3.05, 3.63) is 25.0 Å². The average molecular weight is 301 g/mol. The van der Waals surface area contributed by atoms with Crippen molar-refractivity contribution in [2.45, 2.75) is 13.8 Å². The topological polar surface area (TPSA) is 88.8 Å². The van der Waals surface area contributed by atoms with Crippen molar-refractivity contribution < 1.29 is 4.79 Å². The number of aromatic nitrogens is 5. The van der Waals surface area contributed by atoms with Gasteiger partial charge in [-0.3, -0.25) is 4.79 Å². The fourth-order valence-corrected chi connectivity index (χ4v) is 2.24. The molecule has 8 heteroatoms. The molecule has 22 heavy (non-hydrogen) atoms. The minimum Gasteiger partial charge on any atom is -0.355 e. The van der Waals surface area contributed by atoms with Gasteiger partial charge in [0.1, 0.15) is 24.8 Å². The molecule has 0 bridgehead atoms. The first-order chi connectivity index (χ1) is 10.6. The highest BCUT2D eigenvalue weighted by Crippen LogP contribution is 2.23. The van der Waals surface area contributed by atoms with E-state index in [1.54, 1.807) is 11.0 Å². The van der Waals surface area contributed by atoms with E-state index >= 15 is 0 Å². The van der Waals surface area contributed by atoms with E-state index in [0.29, 0.717) is 24.8 Å². The molecule has 1 fully saturated rings. The molecule has 8 nitrogen and oxygen atoms in total. The van der Waals surface area contributed by atoms with Crippen LogP contribution in [0.5, 0.6) is 0 Å². The Morgan fingerprint density at radius 2 is 2.09 bits per heavy atom. The first-order valence-electron chi connectivity index (χ1n) is 7.33. The highest BCUT2D eigenvalue weighted by Gasteiger charge is 2.33. The van der Waals surface area contributed by atoms with Crippen molar-refractivity contribution in [1.29, 1.82) is 0 Å². The van der Waals surface area contributed by atoms with E-state index in [2.05, 4.69) is 44.1 Å². The van der Waals surface area contributed by atoms with E-state index in [1.807, 2.05) is 6.07 Å². The van der Waals surface area contributed by atoms with Gasteiger partial charge >= 0.3 is 0 Å². The molecule has 1 amide bonds. The largest absolute Gasteiger partial charge is 0.355 e. The molecule has 3 heterocycles. The number of carbonyl (C=O) groups excluding carboxylic acids is 1. The van der Waals surface area contributed by atoms with E-state index in [0.717, 1.165) is 12.4 Å². The lowest BCUT2D eigenvalue weighted by atomic mass is 9.99. The van der Waals surface area contributed by atoms with Gasteiger partial charge in [0.2, 0.25) is 5.91 Å². The predicted octanol–water partition coefficient (Wildman–Crippen LogP) is 0.266. The first kappa shape index (κ1) is 14.4. The summed E-state index contributed by atoms with van der Waals surface area (Å²) in [5.41, 5.74) is 0. The number of carbonyl (C=O) groups is 1.